The predicted molar refractivity (Wildman–Crippen MR) is 50.5 cm³/mol. The Morgan fingerprint density at radius 2 is 2.27 bits per heavy atom. The maximum atomic E-state index is 11.2. The molecule has 0 bridgehead atoms. The summed E-state index contributed by atoms with van der Waals surface area (Å²) in [5.74, 6) is 0. The number of alkyl carbamates (subject to hydrolysis) is 1. The molecule has 1 N–H and O–H groups in total. The normalized spacial score (nSPS) is 20.5. The molecule has 1 fully saturated rings. The van der Waals surface area contributed by atoms with Gasteiger partial charge in [0.15, 0.2) is 6.10 Å². The lowest BCUT2D eigenvalue weighted by Gasteiger charge is -2.20. The predicted octanol–water partition coefficient (Wildman–Crippen LogP) is 1.05. The highest BCUT2D eigenvalue weighted by molar-refractivity contribution is 5.68. The van der Waals surface area contributed by atoms with Gasteiger partial charge >= 0.3 is 12.2 Å². The summed E-state index contributed by atoms with van der Waals surface area (Å²) in [6.45, 7) is 5.66. The summed E-state index contributed by atoms with van der Waals surface area (Å²) >= 11 is 0. The summed E-state index contributed by atoms with van der Waals surface area (Å²) in [7, 11) is 0. The van der Waals surface area contributed by atoms with E-state index in [1.807, 2.05) is 0 Å². The molecule has 15 heavy (non-hydrogen) atoms. The standard InChI is InChI=1S/C9H15NO5/c1-9(2,3)15-7(11)10-4-6-5-13-8(12)14-6/h6H,4-5H2,1-3H3,(H,10,11)/t6-/m0/s1. The average Bonchev–Trinajstić information content (AvgIpc) is 2.45. The third kappa shape index (κ3) is 4.53. The Morgan fingerprint density at radius 3 is 2.73 bits per heavy atom. The smallest absolute Gasteiger partial charge is 0.444 e. The van der Waals surface area contributed by atoms with E-state index in [-0.39, 0.29) is 13.2 Å². The molecule has 0 radical (unpaired) electrons. The first kappa shape index (κ1) is 11.6. The Bertz CT molecular complexity index is 258. The van der Waals surface area contributed by atoms with Gasteiger partial charge in [-0.05, 0) is 20.8 Å². The van der Waals surface area contributed by atoms with E-state index in [4.69, 9.17) is 9.47 Å². The molecule has 1 rings (SSSR count). The quantitative estimate of drug-likeness (QED) is 0.700. The summed E-state index contributed by atoms with van der Waals surface area (Å²) in [5, 5.41) is 2.48. The van der Waals surface area contributed by atoms with Crippen LogP contribution in [0.4, 0.5) is 9.59 Å². The third-order valence-electron chi connectivity index (χ3n) is 1.52. The highest BCUT2D eigenvalue weighted by Gasteiger charge is 2.26. The molecule has 1 aliphatic rings. The fraction of sp³-hybridized carbons (Fsp3) is 0.778. The van der Waals surface area contributed by atoms with Gasteiger partial charge in [0.2, 0.25) is 0 Å². The van der Waals surface area contributed by atoms with Gasteiger partial charge in [-0.15, -0.1) is 0 Å². The number of ether oxygens (including phenoxy) is 3. The van der Waals surface area contributed by atoms with Crippen molar-refractivity contribution in [3.05, 3.63) is 0 Å². The highest BCUT2D eigenvalue weighted by atomic mass is 16.8. The summed E-state index contributed by atoms with van der Waals surface area (Å²) in [4.78, 5) is 21.7. The molecule has 0 aromatic carbocycles. The number of carbonyl (C=O) groups excluding carboxylic acids is 2. The fourth-order valence-corrected chi connectivity index (χ4v) is 0.977. The van der Waals surface area contributed by atoms with Gasteiger partial charge < -0.3 is 19.5 Å². The molecule has 86 valence electrons. The Morgan fingerprint density at radius 1 is 1.60 bits per heavy atom. The summed E-state index contributed by atoms with van der Waals surface area (Å²) < 4.78 is 14.2. The van der Waals surface area contributed by atoms with E-state index < -0.39 is 24.0 Å². The molecule has 0 saturated carbocycles. The summed E-state index contributed by atoms with van der Waals surface area (Å²) in [6.07, 6.45) is -1.67. The number of nitrogens with one attached hydrogen (secondary N) is 1. The van der Waals surface area contributed by atoms with Crippen molar-refractivity contribution >= 4 is 12.2 Å². The molecule has 0 aromatic heterocycles. The molecule has 1 amide bonds. The average molecular weight is 217 g/mol. The number of hydrogen-bond acceptors (Lipinski definition) is 5. The molecule has 0 aromatic rings. The Hall–Kier alpha value is -1.46. The zero-order valence-electron chi connectivity index (χ0n) is 9.03. The van der Waals surface area contributed by atoms with Crippen LogP contribution < -0.4 is 5.32 Å². The van der Waals surface area contributed by atoms with E-state index in [0.717, 1.165) is 0 Å². The number of amides is 1. The lowest BCUT2D eigenvalue weighted by molar-refractivity contribution is 0.0496. The van der Waals surface area contributed by atoms with Crippen LogP contribution in [0.15, 0.2) is 0 Å². The van der Waals surface area contributed by atoms with Gasteiger partial charge in [0, 0.05) is 0 Å². The molecule has 6 nitrogen and oxygen atoms in total. The van der Waals surface area contributed by atoms with E-state index in [9.17, 15) is 9.59 Å². The van der Waals surface area contributed by atoms with Crippen LogP contribution in [0, 0.1) is 0 Å². The molecule has 0 aliphatic carbocycles. The minimum absolute atomic E-state index is 0.161. The second kappa shape index (κ2) is 4.37. The van der Waals surface area contributed by atoms with Gasteiger partial charge in [-0.2, -0.15) is 0 Å². The molecule has 1 heterocycles. The van der Waals surface area contributed by atoms with Crippen molar-refractivity contribution in [2.45, 2.75) is 32.5 Å². The van der Waals surface area contributed by atoms with Crippen molar-refractivity contribution in [1.82, 2.24) is 5.32 Å². The van der Waals surface area contributed by atoms with Gasteiger partial charge in [-0.1, -0.05) is 0 Å². The van der Waals surface area contributed by atoms with Gasteiger partial charge in [0.25, 0.3) is 0 Å². The van der Waals surface area contributed by atoms with Crippen molar-refractivity contribution in [2.24, 2.45) is 0 Å². The van der Waals surface area contributed by atoms with Crippen LogP contribution in [0.1, 0.15) is 20.8 Å². The second-order valence-electron chi connectivity index (χ2n) is 4.18. The SMILES string of the molecule is CC(C)(C)OC(=O)NC[C@H]1COC(=O)O1. The number of rotatable bonds is 2. The van der Waals surface area contributed by atoms with Crippen LogP contribution in [0.3, 0.4) is 0 Å². The maximum Gasteiger partial charge on any atom is 0.508 e. The maximum absolute atomic E-state index is 11.2. The van der Waals surface area contributed by atoms with Crippen LogP contribution in [0.5, 0.6) is 0 Å². The Kier molecular flexibility index (Phi) is 3.39. The molecule has 1 saturated heterocycles. The van der Waals surface area contributed by atoms with Crippen molar-refractivity contribution in [3.8, 4) is 0 Å². The monoisotopic (exact) mass is 217 g/mol. The molecule has 1 atom stereocenters. The van der Waals surface area contributed by atoms with Gasteiger partial charge in [-0.25, -0.2) is 9.59 Å². The van der Waals surface area contributed by atoms with E-state index >= 15 is 0 Å². The third-order valence-corrected chi connectivity index (χ3v) is 1.52. The number of carbonyl (C=O) groups is 2. The number of cyclic esters (lactones) is 2. The molecule has 6 heteroatoms. The highest BCUT2D eigenvalue weighted by Crippen LogP contribution is 2.07. The second-order valence-corrected chi connectivity index (χ2v) is 4.18. The molecule has 1 aliphatic heterocycles. The van der Waals surface area contributed by atoms with Crippen molar-refractivity contribution in [1.29, 1.82) is 0 Å². The van der Waals surface area contributed by atoms with Crippen molar-refractivity contribution in [3.63, 3.8) is 0 Å². The van der Waals surface area contributed by atoms with Crippen LogP contribution >= 0.6 is 0 Å². The first-order valence-corrected chi connectivity index (χ1v) is 4.67. The first-order chi connectivity index (χ1) is 6.87. The van der Waals surface area contributed by atoms with E-state index in [1.54, 1.807) is 20.8 Å². The lowest BCUT2D eigenvalue weighted by Crippen LogP contribution is -2.37. The molecule has 0 unspecified atom stereocenters. The first-order valence-electron chi connectivity index (χ1n) is 4.67. The fourth-order valence-electron chi connectivity index (χ4n) is 0.977. The summed E-state index contributed by atoms with van der Waals surface area (Å²) in [6, 6.07) is 0. The van der Waals surface area contributed by atoms with E-state index in [2.05, 4.69) is 10.1 Å². The van der Waals surface area contributed by atoms with Crippen LogP contribution in [-0.4, -0.2) is 37.1 Å². The zero-order valence-corrected chi connectivity index (χ0v) is 9.03. The van der Waals surface area contributed by atoms with Crippen molar-refractivity contribution in [2.75, 3.05) is 13.2 Å². The molecule has 0 spiro atoms. The Balaban J connectivity index is 2.20. The molecular formula is C9H15NO5. The van der Waals surface area contributed by atoms with E-state index in [1.165, 1.54) is 0 Å². The van der Waals surface area contributed by atoms with Gasteiger partial charge in [-0.3, -0.25) is 0 Å². The van der Waals surface area contributed by atoms with Crippen molar-refractivity contribution < 1.29 is 23.8 Å². The minimum atomic E-state index is -0.703. The van der Waals surface area contributed by atoms with Crippen LogP contribution in [0.2, 0.25) is 0 Å². The topological polar surface area (TPSA) is 73.9 Å². The van der Waals surface area contributed by atoms with E-state index in [0.29, 0.717) is 0 Å². The van der Waals surface area contributed by atoms with Gasteiger partial charge in [0.05, 0.1) is 6.54 Å². The van der Waals surface area contributed by atoms with Crippen LogP contribution in [0.25, 0.3) is 0 Å². The number of hydrogen-bond donors (Lipinski definition) is 1. The lowest BCUT2D eigenvalue weighted by atomic mass is 10.2. The summed E-state index contributed by atoms with van der Waals surface area (Å²) in [5.41, 5.74) is -0.535. The molecular weight excluding hydrogens is 202 g/mol. The van der Waals surface area contributed by atoms with Gasteiger partial charge in [0.1, 0.15) is 12.2 Å². The largest absolute Gasteiger partial charge is 0.508 e. The minimum Gasteiger partial charge on any atom is -0.444 e. The Labute approximate surface area is 87.9 Å². The van der Waals surface area contributed by atoms with Crippen LogP contribution in [-0.2, 0) is 14.2 Å². The zero-order chi connectivity index (χ0) is 11.5.